The minimum absolute atomic E-state index is 0.246. The van der Waals surface area contributed by atoms with E-state index in [1.807, 2.05) is 6.07 Å². The van der Waals surface area contributed by atoms with Gasteiger partial charge in [0.1, 0.15) is 5.60 Å². The van der Waals surface area contributed by atoms with Crippen LogP contribution < -0.4 is 0 Å². The van der Waals surface area contributed by atoms with Crippen LogP contribution in [0.25, 0.3) is 0 Å². The second kappa shape index (κ2) is 13.2. The Hall–Kier alpha value is -0.470. The molecule has 4 nitrogen and oxygen atoms in total. The molecule has 30 heavy (non-hydrogen) atoms. The lowest BCUT2D eigenvalue weighted by molar-refractivity contribution is -0.250. The number of rotatable bonds is 13. The first kappa shape index (κ1) is 25.8. The van der Waals surface area contributed by atoms with Crippen LogP contribution in [0.3, 0.4) is 0 Å². The summed E-state index contributed by atoms with van der Waals surface area (Å²) in [5.41, 5.74) is 0.610. The van der Waals surface area contributed by atoms with Crippen LogP contribution in [-0.4, -0.2) is 50.1 Å². The first-order valence-corrected chi connectivity index (χ1v) is 12.4. The van der Waals surface area contributed by atoms with Crippen LogP contribution in [0.5, 0.6) is 0 Å². The SMILES string of the molecule is CCCC[C@@H](C)/C=C(/I)CN1CCC[C@H]1[C@@](C)(OCc1ccccc1)C(OC)OC. The van der Waals surface area contributed by atoms with Crippen molar-refractivity contribution in [3.05, 3.63) is 45.6 Å². The Balaban J connectivity index is 2.14. The van der Waals surface area contributed by atoms with E-state index in [9.17, 15) is 0 Å². The molecule has 0 bridgehead atoms. The van der Waals surface area contributed by atoms with Crippen molar-refractivity contribution in [2.24, 2.45) is 5.92 Å². The standard InChI is InChI=1S/C25H40INO3/c1-6-7-12-20(2)17-22(26)18-27-16-11-15-23(27)25(3,24(28-4)29-5)30-19-21-13-9-8-10-14-21/h8-10,13-14,17,20,23-24H,6-7,11-12,15-16,18-19H2,1-5H3/b22-17+/t20-,23+,25-/m1/s1. The zero-order valence-corrected chi connectivity index (χ0v) is 21.6. The molecule has 1 fully saturated rings. The molecule has 2 rings (SSSR count). The second-order valence-corrected chi connectivity index (χ2v) is 10.0. The molecule has 5 heteroatoms. The van der Waals surface area contributed by atoms with E-state index in [2.05, 4.69) is 78.6 Å². The van der Waals surface area contributed by atoms with Gasteiger partial charge in [0.05, 0.1) is 6.61 Å². The highest BCUT2D eigenvalue weighted by atomic mass is 127. The van der Waals surface area contributed by atoms with Gasteiger partial charge >= 0.3 is 0 Å². The zero-order chi connectivity index (χ0) is 22.0. The highest BCUT2D eigenvalue weighted by molar-refractivity contribution is 14.1. The first-order valence-electron chi connectivity index (χ1n) is 11.3. The Labute approximate surface area is 197 Å². The lowest BCUT2D eigenvalue weighted by atomic mass is 9.92. The average Bonchev–Trinajstić information content (AvgIpc) is 3.21. The molecule has 0 spiro atoms. The van der Waals surface area contributed by atoms with Crippen molar-refractivity contribution in [2.45, 2.75) is 77.4 Å². The summed E-state index contributed by atoms with van der Waals surface area (Å²) in [5.74, 6) is 0.629. The number of allylic oxidation sites excluding steroid dienone is 1. The highest BCUT2D eigenvalue weighted by Gasteiger charge is 2.48. The molecule has 0 saturated carbocycles. The smallest absolute Gasteiger partial charge is 0.187 e. The van der Waals surface area contributed by atoms with Crippen LogP contribution in [0.1, 0.15) is 58.4 Å². The molecule has 0 radical (unpaired) electrons. The number of nitrogens with zero attached hydrogens (tertiary/aromatic N) is 1. The van der Waals surface area contributed by atoms with Gasteiger partial charge in [0.15, 0.2) is 6.29 Å². The van der Waals surface area contributed by atoms with Gasteiger partial charge in [-0.1, -0.05) is 63.1 Å². The van der Waals surface area contributed by atoms with Gasteiger partial charge in [-0.3, -0.25) is 4.90 Å². The first-order chi connectivity index (χ1) is 14.4. The van der Waals surface area contributed by atoms with Crippen LogP contribution in [0.4, 0.5) is 0 Å². The van der Waals surface area contributed by atoms with E-state index in [1.165, 1.54) is 34.8 Å². The van der Waals surface area contributed by atoms with Gasteiger partial charge in [-0.2, -0.15) is 0 Å². The molecule has 1 aliphatic heterocycles. The molecular weight excluding hydrogens is 489 g/mol. The Kier molecular flexibility index (Phi) is 11.3. The van der Waals surface area contributed by atoms with Crippen LogP contribution >= 0.6 is 22.6 Å². The predicted octanol–water partition coefficient (Wildman–Crippen LogP) is 6.19. The third kappa shape index (κ3) is 7.30. The van der Waals surface area contributed by atoms with Gasteiger partial charge in [0.2, 0.25) is 0 Å². The second-order valence-electron chi connectivity index (χ2n) is 8.62. The van der Waals surface area contributed by atoms with Crippen molar-refractivity contribution in [3.63, 3.8) is 0 Å². The predicted molar refractivity (Wildman–Crippen MR) is 133 cm³/mol. The maximum atomic E-state index is 6.58. The zero-order valence-electron chi connectivity index (χ0n) is 19.4. The normalized spacial score (nSPS) is 21.2. The number of benzene rings is 1. The van der Waals surface area contributed by atoms with Crippen LogP contribution in [0.2, 0.25) is 0 Å². The van der Waals surface area contributed by atoms with E-state index in [0.717, 1.165) is 19.5 Å². The molecule has 1 aromatic rings. The maximum Gasteiger partial charge on any atom is 0.187 e. The molecule has 0 aromatic heterocycles. The van der Waals surface area contributed by atoms with Crippen LogP contribution in [-0.2, 0) is 20.8 Å². The molecule has 1 aliphatic rings. The summed E-state index contributed by atoms with van der Waals surface area (Å²) >= 11 is 2.52. The molecule has 1 heterocycles. The van der Waals surface area contributed by atoms with E-state index < -0.39 is 11.9 Å². The number of ether oxygens (including phenoxy) is 3. The molecule has 0 aliphatic carbocycles. The lowest BCUT2D eigenvalue weighted by Gasteiger charge is -2.44. The summed E-state index contributed by atoms with van der Waals surface area (Å²) in [5, 5.41) is 0. The van der Waals surface area contributed by atoms with E-state index in [-0.39, 0.29) is 6.04 Å². The summed E-state index contributed by atoms with van der Waals surface area (Å²) in [7, 11) is 3.41. The van der Waals surface area contributed by atoms with Gasteiger partial charge in [-0.05, 0) is 66.8 Å². The van der Waals surface area contributed by atoms with Crippen molar-refractivity contribution in [2.75, 3.05) is 27.3 Å². The quantitative estimate of drug-likeness (QED) is 0.225. The summed E-state index contributed by atoms with van der Waals surface area (Å²) in [6, 6.07) is 10.6. The summed E-state index contributed by atoms with van der Waals surface area (Å²) in [6.07, 6.45) is 8.10. The van der Waals surface area contributed by atoms with Crippen LogP contribution in [0.15, 0.2) is 40.0 Å². The van der Waals surface area contributed by atoms with Crippen molar-refractivity contribution in [1.82, 2.24) is 4.90 Å². The molecular formula is C25H40INO3. The van der Waals surface area contributed by atoms with E-state index in [4.69, 9.17) is 14.2 Å². The molecule has 1 saturated heterocycles. The summed E-state index contributed by atoms with van der Waals surface area (Å²) in [6.45, 7) is 9.33. The molecule has 3 atom stereocenters. The fourth-order valence-corrected chi connectivity index (χ4v) is 5.58. The van der Waals surface area contributed by atoms with Gasteiger partial charge in [-0.15, -0.1) is 0 Å². The summed E-state index contributed by atoms with van der Waals surface area (Å²) in [4.78, 5) is 2.56. The third-order valence-corrected chi connectivity index (χ3v) is 6.85. The van der Waals surface area contributed by atoms with Gasteiger partial charge in [0, 0.05) is 30.4 Å². The number of hydrogen-bond donors (Lipinski definition) is 0. The number of methoxy groups -OCH3 is 2. The van der Waals surface area contributed by atoms with E-state index >= 15 is 0 Å². The fraction of sp³-hybridized carbons (Fsp3) is 0.680. The third-order valence-electron chi connectivity index (χ3n) is 6.15. The Bertz CT molecular complexity index is 635. The molecule has 0 unspecified atom stereocenters. The number of unbranched alkanes of at least 4 members (excludes halogenated alkanes) is 1. The van der Waals surface area contributed by atoms with Crippen molar-refractivity contribution >= 4 is 22.6 Å². The molecule has 1 aromatic carbocycles. The average molecular weight is 530 g/mol. The van der Waals surface area contributed by atoms with Crippen molar-refractivity contribution < 1.29 is 14.2 Å². The van der Waals surface area contributed by atoms with Gasteiger partial charge in [0.25, 0.3) is 0 Å². The minimum atomic E-state index is -0.555. The number of hydrogen-bond acceptors (Lipinski definition) is 4. The Morgan fingerprint density at radius 2 is 1.97 bits per heavy atom. The van der Waals surface area contributed by atoms with E-state index in [1.54, 1.807) is 14.2 Å². The number of halogens is 1. The largest absolute Gasteiger partial charge is 0.364 e. The van der Waals surface area contributed by atoms with Gasteiger partial charge in [-0.25, -0.2) is 0 Å². The minimum Gasteiger partial charge on any atom is -0.364 e. The Morgan fingerprint density at radius 3 is 2.60 bits per heavy atom. The van der Waals surface area contributed by atoms with Gasteiger partial charge < -0.3 is 14.2 Å². The highest BCUT2D eigenvalue weighted by Crippen LogP contribution is 2.36. The topological polar surface area (TPSA) is 30.9 Å². The van der Waals surface area contributed by atoms with E-state index in [0.29, 0.717) is 12.5 Å². The fourth-order valence-electron chi connectivity index (χ4n) is 4.53. The molecule has 170 valence electrons. The summed E-state index contributed by atoms with van der Waals surface area (Å²) < 4.78 is 19.5. The van der Waals surface area contributed by atoms with Crippen molar-refractivity contribution in [1.29, 1.82) is 0 Å². The number of likely N-dealkylation sites (tertiary alicyclic amines) is 1. The Morgan fingerprint density at radius 1 is 1.27 bits per heavy atom. The molecule has 0 amide bonds. The lowest BCUT2D eigenvalue weighted by Crippen LogP contribution is -2.58. The van der Waals surface area contributed by atoms with Crippen LogP contribution in [0, 0.1) is 5.92 Å². The van der Waals surface area contributed by atoms with Crippen molar-refractivity contribution in [3.8, 4) is 0 Å². The monoisotopic (exact) mass is 529 g/mol. The molecule has 0 N–H and O–H groups in total. The maximum absolute atomic E-state index is 6.58.